The molecule has 68 heavy (non-hydrogen) atoms. The summed E-state index contributed by atoms with van der Waals surface area (Å²) in [5, 5.41) is 0. The predicted molar refractivity (Wildman–Crippen MR) is 293 cm³/mol. The van der Waals surface area contributed by atoms with E-state index in [0.29, 0.717) is 19.3 Å². The van der Waals surface area contributed by atoms with Crippen LogP contribution in [0.25, 0.3) is 0 Å². The molecule has 0 aliphatic carbocycles. The second kappa shape index (κ2) is 55.9. The molecule has 1 atom stereocenters. The highest BCUT2D eigenvalue weighted by atomic mass is 16.6. The van der Waals surface area contributed by atoms with Crippen molar-refractivity contribution < 1.29 is 28.6 Å². The van der Waals surface area contributed by atoms with E-state index in [1.54, 1.807) is 0 Å². The lowest BCUT2D eigenvalue weighted by atomic mass is 10.0. The Morgan fingerprint density at radius 1 is 0.309 bits per heavy atom. The van der Waals surface area contributed by atoms with Crippen LogP contribution in [0.5, 0.6) is 0 Å². The Hall–Kier alpha value is -3.67. The van der Waals surface area contributed by atoms with Gasteiger partial charge in [0.1, 0.15) is 13.2 Å². The normalized spacial score (nSPS) is 12.8. The van der Waals surface area contributed by atoms with E-state index in [1.165, 1.54) is 103 Å². The van der Waals surface area contributed by atoms with Crippen LogP contribution in [0.15, 0.2) is 97.2 Å². The average molecular weight is 946 g/mol. The number of esters is 3. The van der Waals surface area contributed by atoms with Crippen LogP contribution in [0.3, 0.4) is 0 Å². The number of rotatable bonds is 50. The lowest BCUT2D eigenvalue weighted by molar-refractivity contribution is -0.167. The third kappa shape index (κ3) is 53.3. The predicted octanol–water partition coefficient (Wildman–Crippen LogP) is 18.9. The third-order valence-electron chi connectivity index (χ3n) is 11.9. The Kier molecular flexibility index (Phi) is 52.9. The van der Waals surface area contributed by atoms with Gasteiger partial charge in [-0.3, -0.25) is 14.4 Å². The number of carbonyl (C=O) groups excluding carboxylic acids is 3. The molecule has 0 spiro atoms. The zero-order valence-corrected chi connectivity index (χ0v) is 44.3. The zero-order chi connectivity index (χ0) is 49.3. The smallest absolute Gasteiger partial charge is 0.306 e. The monoisotopic (exact) mass is 945 g/mol. The quantitative estimate of drug-likeness (QED) is 0.0262. The second-order valence-corrected chi connectivity index (χ2v) is 18.5. The highest BCUT2D eigenvalue weighted by Gasteiger charge is 2.19. The summed E-state index contributed by atoms with van der Waals surface area (Å²) in [6.07, 6.45) is 74.4. The molecule has 0 N–H and O–H groups in total. The van der Waals surface area contributed by atoms with Gasteiger partial charge in [-0.05, 0) is 83.5 Å². The van der Waals surface area contributed by atoms with Gasteiger partial charge in [0.2, 0.25) is 0 Å². The fourth-order valence-corrected chi connectivity index (χ4v) is 7.63. The van der Waals surface area contributed by atoms with Crippen molar-refractivity contribution in [3.63, 3.8) is 0 Å². The molecule has 0 amide bonds. The molecule has 0 aliphatic rings. The van der Waals surface area contributed by atoms with Gasteiger partial charge in [0.15, 0.2) is 6.10 Å². The summed E-state index contributed by atoms with van der Waals surface area (Å²) in [5.41, 5.74) is 0. The van der Waals surface area contributed by atoms with Gasteiger partial charge in [-0.1, -0.05) is 253 Å². The summed E-state index contributed by atoms with van der Waals surface area (Å²) in [5.74, 6) is -0.947. The van der Waals surface area contributed by atoms with Crippen molar-refractivity contribution in [2.45, 2.75) is 264 Å². The van der Waals surface area contributed by atoms with Crippen LogP contribution in [0.1, 0.15) is 258 Å². The van der Waals surface area contributed by atoms with Crippen molar-refractivity contribution in [2.24, 2.45) is 0 Å². The first-order valence-corrected chi connectivity index (χ1v) is 28.2. The van der Waals surface area contributed by atoms with Crippen LogP contribution in [0.4, 0.5) is 0 Å². The molecule has 0 saturated heterocycles. The molecular formula is C62H104O6. The first-order valence-electron chi connectivity index (χ1n) is 28.2. The van der Waals surface area contributed by atoms with Crippen LogP contribution in [0.2, 0.25) is 0 Å². The van der Waals surface area contributed by atoms with E-state index in [0.717, 1.165) is 116 Å². The van der Waals surface area contributed by atoms with Gasteiger partial charge in [0.05, 0.1) is 0 Å². The summed E-state index contributed by atoms with van der Waals surface area (Å²) < 4.78 is 16.7. The minimum Gasteiger partial charge on any atom is -0.462 e. The lowest BCUT2D eigenvalue weighted by Crippen LogP contribution is -2.30. The van der Waals surface area contributed by atoms with Crippen molar-refractivity contribution in [1.29, 1.82) is 0 Å². The van der Waals surface area contributed by atoms with E-state index in [2.05, 4.69) is 118 Å². The molecule has 0 heterocycles. The van der Waals surface area contributed by atoms with Crippen molar-refractivity contribution in [2.75, 3.05) is 13.2 Å². The summed E-state index contributed by atoms with van der Waals surface area (Å²) >= 11 is 0. The molecule has 0 bridgehead atoms. The third-order valence-corrected chi connectivity index (χ3v) is 11.9. The summed E-state index contributed by atoms with van der Waals surface area (Å²) in [7, 11) is 0. The fraction of sp³-hybridized carbons (Fsp3) is 0.694. The number of ether oxygens (including phenoxy) is 3. The largest absolute Gasteiger partial charge is 0.462 e. The minimum absolute atomic E-state index is 0.0907. The zero-order valence-electron chi connectivity index (χ0n) is 44.3. The van der Waals surface area contributed by atoms with Crippen LogP contribution in [-0.4, -0.2) is 37.2 Å². The minimum atomic E-state index is -0.790. The number of allylic oxidation sites excluding steroid dienone is 16. The number of carbonyl (C=O) groups is 3. The van der Waals surface area contributed by atoms with E-state index < -0.39 is 6.10 Å². The number of hydrogen-bond acceptors (Lipinski definition) is 6. The number of hydrogen-bond donors (Lipinski definition) is 0. The molecule has 0 aromatic heterocycles. The Balaban J connectivity index is 4.21. The molecule has 0 rings (SSSR count). The van der Waals surface area contributed by atoms with Crippen molar-refractivity contribution in [1.82, 2.24) is 0 Å². The van der Waals surface area contributed by atoms with Gasteiger partial charge >= 0.3 is 17.9 Å². The SMILES string of the molecule is CC/C=C\C/C=C\C/C=C\C/C=C\C/C=C\C/C=C\C/C=C\C/C=C\CCCCC(=O)OCC(COC(=O)CCCCCCC)OC(=O)CCCCCCCCCCCCCCCCCCCC. The van der Waals surface area contributed by atoms with E-state index >= 15 is 0 Å². The van der Waals surface area contributed by atoms with Gasteiger partial charge in [-0.25, -0.2) is 0 Å². The van der Waals surface area contributed by atoms with Crippen molar-refractivity contribution in [3.05, 3.63) is 97.2 Å². The molecule has 388 valence electrons. The molecular weight excluding hydrogens is 841 g/mol. The maximum atomic E-state index is 12.8. The highest BCUT2D eigenvalue weighted by Crippen LogP contribution is 2.16. The van der Waals surface area contributed by atoms with E-state index in [-0.39, 0.29) is 31.1 Å². The Labute approximate surface area is 419 Å². The topological polar surface area (TPSA) is 78.9 Å². The van der Waals surface area contributed by atoms with Crippen LogP contribution >= 0.6 is 0 Å². The standard InChI is InChI=1S/C62H104O6/c1-4-7-10-13-15-17-19-21-23-25-27-28-29-30-31-32-33-34-35-37-38-40-42-44-46-49-52-55-61(64)67-58-59(57-66-60(63)54-51-48-12-9-6-3)68-62(65)56-53-50-47-45-43-41-39-36-26-24-22-20-18-16-14-11-8-5-2/h7,10,15,17,21,23,27-28,30-31,33-34,37-38,42,44,59H,4-6,8-9,11-14,16,18-20,22,24-26,29,32,35-36,39-41,43,45-58H2,1-3H3/b10-7-,17-15-,23-21-,28-27-,31-30-,34-33-,38-37-,44-42-. The maximum absolute atomic E-state index is 12.8. The second-order valence-electron chi connectivity index (χ2n) is 18.5. The molecule has 1 unspecified atom stereocenters. The molecule has 0 saturated carbocycles. The summed E-state index contributed by atoms with van der Waals surface area (Å²) in [4.78, 5) is 37.8. The molecule has 0 fully saturated rings. The van der Waals surface area contributed by atoms with Gasteiger partial charge in [0, 0.05) is 19.3 Å². The van der Waals surface area contributed by atoms with E-state index in [4.69, 9.17) is 14.2 Å². The molecule has 0 aliphatic heterocycles. The van der Waals surface area contributed by atoms with Crippen LogP contribution in [-0.2, 0) is 28.6 Å². The molecule has 0 aromatic carbocycles. The van der Waals surface area contributed by atoms with Crippen molar-refractivity contribution in [3.8, 4) is 0 Å². The van der Waals surface area contributed by atoms with Gasteiger partial charge in [0.25, 0.3) is 0 Å². The molecule has 6 nitrogen and oxygen atoms in total. The maximum Gasteiger partial charge on any atom is 0.306 e. The Morgan fingerprint density at radius 3 is 0.897 bits per heavy atom. The van der Waals surface area contributed by atoms with Gasteiger partial charge in [-0.2, -0.15) is 0 Å². The van der Waals surface area contributed by atoms with Crippen molar-refractivity contribution >= 4 is 17.9 Å². The van der Waals surface area contributed by atoms with Crippen LogP contribution < -0.4 is 0 Å². The number of unbranched alkanes of at least 4 members (excludes halogenated alkanes) is 23. The summed E-state index contributed by atoms with van der Waals surface area (Å²) in [6.45, 7) is 6.41. The lowest BCUT2D eigenvalue weighted by Gasteiger charge is -2.18. The summed E-state index contributed by atoms with van der Waals surface area (Å²) in [6, 6.07) is 0. The average Bonchev–Trinajstić information content (AvgIpc) is 3.34. The molecule has 0 radical (unpaired) electrons. The highest BCUT2D eigenvalue weighted by molar-refractivity contribution is 5.71. The molecule has 0 aromatic rings. The van der Waals surface area contributed by atoms with Gasteiger partial charge < -0.3 is 14.2 Å². The first kappa shape index (κ1) is 64.3. The van der Waals surface area contributed by atoms with Crippen LogP contribution in [0, 0.1) is 0 Å². The Bertz CT molecular complexity index is 1360. The Morgan fingerprint density at radius 2 is 0.574 bits per heavy atom. The molecule has 6 heteroatoms. The van der Waals surface area contributed by atoms with E-state index in [9.17, 15) is 14.4 Å². The van der Waals surface area contributed by atoms with Gasteiger partial charge in [-0.15, -0.1) is 0 Å². The van der Waals surface area contributed by atoms with E-state index in [1.807, 2.05) is 0 Å². The first-order chi connectivity index (χ1) is 33.5. The fourth-order valence-electron chi connectivity index (χ4n) is 7.63.